The fraction of sp³-hybridized carbons (Fsp3) is 0.571. The van der Waals surface area contributed by atoms with Crippen LogP contribution in [0.3, 0.4) is 0 Å². The molecular weight excluding hydrogens is 216 g/mol. The van der Waals surface area contributed by atoms with Crippen molar-refractivity contribution in [1.29, 1.82) is 0 Å². The van der Waals surface area contributed by atoms with Crippen molar-refractivity contribution in [3.8, 4) is 5.75 Å². The molecule has 0 amide bonds. The Morgan fingerprint density at radius 1 is 1.29 bits per heavy atom. The van der Waals surface area contributed by atoms with Crippen LogP contribution in [-0.2, 0) is 0 Å². The normalized spacial score (nSPS) is 18.8. The summed E-state index contributed by atoms with van der Waals surface area (Å²) in [4.78, 5) is 0. The van der Waals surface area contributed by atoms with Crippen molar-refractivity contribution in [3.05, 3.63) is 29.8 Å². The molecule has 1 saturated carbocycles. The van der Waals surface area contributed by atoms with E-state index in [1.165, 1.54) is 0 Å². The number of rotatable bonds is 6. The lowest BCUT2D eigenvalue weighted by molar-refractivity contribution is 0.00332. The Hall–Kier alpha value is -1.06. The van der Waals surface area contributed by atoms with Crippen LogP contribution in [-0.4, -0.2) is 22.9 Å². The van der Waals surface area contributed by atoms with Gasteiger partial charge in [0, 0.05) is 5.56 Å². The molecular formula is C14H20O3. The Morgan fingerprint density at radius 2 is 2.00 bits per heavy atom. The summed E-state index contributed by atoms with van der Waals surface area (Å²) in [5.74, 6) is 0.936. The average Bonchev–Trinajstić information content (AvgIpc) is 3.19. The zero-order chi connectivity index (χ0) is 12.3. The van der Waals surface area contributed by atoms with Crippen molar-refractivity contribution in [2.45, 2.75) is 38.4 Å². The fourth-order valence-corrected chi connectivity index (χ4v) is 1.95. The molecule has 1 fully saturated rings. The van der Waals surface area contributed by atoms with Crippen LogP contribution in [0.1, 0.15) is 37.9 Å². The average molecular weight is 236 g/mol. The van der Waals surface area contributed by atoms with E-state index < -0.39 is 12.2 Å². The predicted molar refractivity (Wildman–Crippen MR) is 65.9 cm³/mol. The largest absolute Gasteiger partial charge is 0.493 e. The Labute approximate surface area is 102 Å². The first kappa shape index (κ1) is 12.4. The molecule has 0 spiro atoms. The minimum absolute atomic E-state index is 0.254. The van der Waals surface area contributed by atoms with E-state index in [1.807, 2.05) is 31.2 Å². The lowest BCUT2D eigenvalue weighted by Crippen LogP contribution is -2.21. The van der Waals surface area contributed by atoms with Gasteiger partial charge in [0.05, 0.1) is 12.7 Å². The van der Waals surface area contributed by atoms with Gasteiger partial charge < -0.3 is 14.9 Å². The molecule has 2 N–H and O–H groups in total. The van der Waals surface area contributed by atoms with E-state index >= 15 is 0 Å². The summed E-state index contributed by atoms with van der Waals surface area (Å²) in [7, 11) is 0. The van der Waals surface area contributed by atoms with E-state index in [9.17, 15) is 10.2 Å². The molecule has 0 aliphatic heterocycles. The SMILES string of the molecule is CCCOc1ccccc1C(O)C(O)C1CC1. The van der Waals surface area contributed by atoms with Gasteiger partial charge in [-0.3, -0.25) is 0 Å². The Balaban J connectivity index is 2.11. The Kier molecular flexibility index (Phi) is 4.02. The van der Waals surface area contributed by atoms with Gasteiger partial charge in [-0.05, 0) is 31.2 Å². The summed E-state index contributed by atoms with van der Waals surface area (Å²) in [6.45, 7) is 2.67. The first-order valence-electron chi connectivity index (χ1n) is 6.32. The summed E-state index contributed by atoms with van der Waals surface area (Å²) in [5, 5.41) is 20.1. The zero-order valence-corrected chi connectivity index (χ0v) is 10.2. The van der Waals surface area contributed by atoms with Crippen LogP contribution in [0.15, 0.2) is 24.3 Å². The third-order valence-electron chi connectivity index (χ3n) is 3.13. The molecule has 1 aromatic rings. The zero-order valence-electron chi connectivity index (χ0n) is 10.2. The Morgan fingerprint density at radius 3 is 2.65 bits per heavy atom. The third-order valence-corrected chi connectivity index (χ3v) is 3.13. The first-order valence-corrected chi connectivity index (χ1v) is 6.32. The molecule has 2 unspecified atom stereocenters. The van der Waals surface area contributed by atoms with E-state index in [2.05, 4.69) is 0 Å². The number of benzene rings is 1. The Bertz CT molecular complexity index is 360. The van der Waals surface area contributed by atoms with Crippen LogP contribution < -0.4 is 4.74 Å². The van der Waals surface area contributed by atoms with Crippen molar-refractivity contribution < 1.29 is 14.9 Å². The molecule has 1 aliphatic rings. The summed E-state index contributed by atoms with van der Waals surface area (Å²) in [5.41, 5.74) is 0.695. The maximum absolute atomic E-state index is 10.1. The molecule has 0 heterocycles. The van der Waals surface area contributed by atoms with Gasteiger partial charge in [0.2, 0.25) is 0 Å². The van der Waals surface area contributed by atoms with E-state index in [1.54, 1.807) is 0 Å². The van der Waals surface area contributed by atoms with Gasteiger partial charge in [0.1, 0.15) is 11.9 Å². The van der Waals surface area contributed by atoms with Crippen LogP contribution >= 0.6 is 0 Å². The standard InChI is InChI=1S/C14H20O3/c1-2-9-17-12-6-4-3-5-11(12)14(16)13(15)10-7-8-10/h3-6,10,13-16H,2,7-9H2,1H3. The molecule has 0 radical (unpaired) electrons. The molecule has 2 atom stereocenters. The molecule has 0 bridgehead atoms. The van der Waals surface area contributed by atoms with Crippen LogP contribution in [0.2, 0.25) is 0 Å². The van der Waals surface area contributed by atoms with Crippen molar-refractivity contribution in [3.63, 3.8) is 0 Å². The highest BCUT2D eigenvalue weighted by Crippen LogP contribution is 2.39. The number of hydrogen-bond acceptors (Lipinski definition) is 3. The quantitative estimate of drug-likeness (QED) is 0.796. The number of hydrogen-bond donors (Lipinski definition) is 2. The fourth-order valence-electron chi connectivity index (χ4n) is 1.95. The van der Waals surface area contributed by atoms with Gasteiger partial charge >= 0.3 is 0 Å². The number of aliphatic hydroxyl groups is 2. The maximum Gasteiger partial charge on any atom is 0.125 e. The lowest BCUT2D eigenvalue weighted by atomic mass is 10.0. The second kappa shape index (κ2) is 5.52. The van der Waals surface area contributed by atoms with Crippen LogP contribution in [0.5, 0.6) is 5.75 Å². The van der Waals surface area contributed by atoms with Gasteiger partial charge in [-0.25, -0.2) is 0 Å². The van der Waals surface area contributed by atoms with Crippen LogP contribution in [0, 0.1) is 5.92 Å². The van der Waals surface area contributed by atoms with E-state index in [4.69, 9.17) is 4.74 Å². The minimum atomic E-state index is -0.837. The molecule has 1 aliphatic carbocycles. The first-order chi connectivity index (χ1) is 8.24. The highest BCUT2D eigenvalue weighted by atomic mass is 16.5. The molecule has 3 heteroatoms. The molecule has 3 nitrogen and oxygen atoms in total. The lowest BCUT2D eigenvalue weighted by Gasteiger charge is -2.20. The number of para-hydroxylation sites is 1. The molecule has 1 aromatic carbocycles. The van der Waals surface area contributed by atoms with Gasteiger partial charge in [-0.1, -0.05) is 25.1 Å². The van der Waals surface area contributed by atoms with Gasteiger partial charge in [0.25, 0.3) is 0 Å². The number of ether oxygens (including phenoxy) is 1. The van der Waals surface area contributed by atoms with Gasteiger partial charge in [0.15, 0.2) is 0 Å². The van der Waals surface area contributed by atoms with Crippen molar-refractivity contribution >= 4 is 0 Å². The minimum Gasteiger partial charge on any atom is -0.493 e. The summed E-state index contributed by atoms with van der Waals surface area (Å²) < 4.78 is 5.59. The second-order valence-electron chi connectivity index (χ2n) is 4.66. The summed E-state index contributed by atoms with van der Waals surface area (Å²) >= 11 is 0. The summed E-state index contributed by atoms with van der Waals surface area (Å²) in [6, 6.07) is 7.40. The van der Waals surface area contributed by atoms with Crippen molar-refractivity contribution in [2.24, 2.45) is 5.92 Å². The summed E-state index contributed by atoms with van der Waals surface area (Å²) in [6.07, 6.45) is 1.44. The second-order valence-corrected chi connectivity index (χ2v) is 4.66. The van der Waals surface area contributed by atoms with Crippen molar-refractivity contribution in [1.82, 2.24) is 0 Å². The molecule has 17 heavy (non-hydrogen) atoms. The molecule has 2 rings (SSSR count). The van der Waals surface area contributed by atoms with Crippen molar-refractivity contribution in [2.75, 3.05) is 6.61 Å². The van der Waals surface area contributed by atoms with Gasteiger partial charge in [-0.2, -0.15) is 0 Å². The molecule has 0 saturated heterocycles. The predicted octanol–water partition coefficient (Wildman–Crippen LogP) is 2.28. The maximum atomic E-state index is 10.1. The highest BCUT2D eigenvalue weighted by Gasteiger charge is 2.36. The van der Waals surface area contributed by atoms with Crippen LogP contribution in [0.4, 0.5) is 0 Å². The van der Waals surface area contributed by atoms with Crippen LogP contribution in [0.25, 0.3) is 0 Å². The van der Waals surface area contributed by atoms with E-state index in [0.29, 0.717) is 17.9 Å². The molecule has 0 aromatic heterocycles. The smallest absolute Gasteiger partial charge is 0.125 e. The molecule has 94 valence electrons. The van der Waals surface area contributed by atoms with E-state index in [0.717, 1.165) is 19.3 Å². The van der Waals surface area contributed by atoms with E-state index in [-0.39, 0.29) is 5.92 Å². The highest BCUT2D eigenvalue weighted by molar-refractivity contribution is 5.35. The third kappa shape index (κ3) is 2.99. The van der Waals surface area contributed by atoms with Gasteiger partial charge in [-0.15, -0.1) is 0 Å². The monoisotopic (exact) mass is 236 g/mol. The topological polar surface area (TPSA) is 49.7 Å². The number of aliphatic hydroxyl groups excluding tert-OH is 2.